The molecule has 28 heavy (non-hydrogen) atoms. The van der Waals surface area contributed by atoms with Gasteiger partial charge in [0, 0.05) is 36.6 Å². The van der Waals surface area contributed by atoms with Gasteiger partial charge in [-0.3, -0.25) is 9.59 Å². The summed E-state index contributed by atoms with van der Waals surface area (Å²) >= 11 is 0. The van der Waals surface area contributed by atoms with Crippen LogP contribution in [0.3, 0.4) is 0 Å². The fourth-order valence-electron chi connectivity index (χ4n) is 3.64. The van der Waals surface area contributed by atoms with Crippen molar-refractivity contribution in [1.82, 2.24) is 15.2 Å². The molecule has 1 unspecified atom stereocenters. The van der Waals surface area contributed by atoms with Crippen LogP contribution in [0.15, 0.2) is 46.9 Å². The average Bonchev–Trinajstić information content (AvgIpc) is 3.38. The lowest BCUT2D eigenvalue weighted by molar-refractivity contribution is 0.0633. The van der Waals surface area contributed by atoms with E-state index >= 15 is 0 Å². The van der Waals surface area contributed by atoms with Crippen LogP contribution in [0.1, 0.15) is 33.9 Å². The van der Waals surface area contributed by atoms with E-state index < -0.39 is 0 Å². The summed E-state index contributed by atoms with van der Waals surface area (Å²) in [6, 6.07) is 12.9. The molecule has 1 aromatic carbocycles. The zero-order valence-corrected chi connectivity index (χ0v) is 15.7. The molecule has 146 valence electrons. The van der Waals surface area contributed by atoms with Crippen molar-refractivity contribution in [3.63, 3.8) is 0 Å². The van der Waals surface area contributed by atoms with E-state index in [9.17, 15) is 9.59 Å². The van der Waals surface area contributed by atoms with Crippen LogP contribution in [-0.4, -0.2) is 48.4 Å². The number of benzene rings is 1. The Morgan fingerprint density at radius 3 is 2.93 bits per heavy atom. The molecule has 7 nitrogen and oxygen atoms in total. The highest BCUT2D eigenvalue weighted by molar-refractivity contribution is 5.98. The van der Waals surface area contributed by atoms with Crippen LogP contribution >= 0.6 is 0 Å². The van der Waals surface area contributed by atoms with Crippen molar-refractivity contribution in [3.8, 4) is 5.95 Å². The molecule has 0 saturated carbocycles. The van der Waals surface area contributed by atoms with Crippen molar-refractivity contribution < 1.29 is 18.7 Å². The van der Waals surface area contributed by atoms with Crippen molar-refractivity contribution in [2.45, 2.75) is 12.8 Å². The second-order valence-corrected chi connectivity index (χ2v) is 7.06. The number of piperidine rings is 1. The number of furan rings is 1. The molecule has 1 aliphatic rings. The molecule has 3 heterocycles. The lowest BCUT2D eigenvalue weighted by Gasteiger charge is -2.32. The maximum Gasteiger partial charge on any atom is 0.289 e. The molecule has 0 radical (unpaired) electrons. The highest BCUT2D eigenvalue weighted by atomic mass is 16.6. The number of nitrogens with one attached hydrogen (secondary N) is 2. The van der Waals surface area contributed by atoms with Gasteiger partial charge in [0.2, 0.25) is 0 Å². The number of hydrogen-bond acceptors (Lipinski definition) is 4. The third kappa shape index (κ3) is 3.74. The molecule has 2 aromatic heterocycles. The van der Waals surface area contributed by atoms with Gasteiger partial charge >= 0.3 is 0 Å². The van der Waals surface area contributed by atoms with Gasteiger partial charge in [-0.25, -0.2) is 0 Å². The number of H-pyrrole nitrogens is 1. The molecule has 1 atom stereocenters. The zero-order chi connectivity index (χ0) is 19.5. The molecule has 1 aliphatic heterocycles. The van der Waals surface area contributed by atoms with E-state index in [-0.39, 0.29) is 23.5 Å². The van der Waals surface area contributed by atoms with Crippen LogP contribution in [0, 0.1) is 5.92 Å². The van der Waals surface area contributed by atoms with E-state index in [4.69, 9.17) is 9.15 Å². The summed E-state index contributed by atoms with van der Waals surface area (Å²) in [4.78, 5) is 30.0. The van der Waals surface area contributed by atoms with Crippen molar-refractivity contribution >= 4 is 22.7 Å². The number of aromatic nitrogens is 1. The number of para-hydroxylation sites is 1. The number of ether oxygens (including phenoxy) is 1. The zero-order valence-electron chi connectivity index (χ0n) is 15.7. The molecule has 7 heteroatoms. The van der Waals surface area contributed by atoms with Crippen LogP contribution in [0.4, 0.5) is 0 Å². The number of likely N-dealkylation sites (tertiary alicyclic amines) is 1. The molecule has 0 aliphatic carbocycles. The summed E-state index contributed by atoms with van der Waals surface area (Å²) in [5.74, 6) is 0.537. The first-order valence-corrected chi connectivity index (χ1v) is 9.43. The molecule has 0 bridgehead atoms. The summed E-state index contributed by atoms with van der Waals surface area (Å²) in [5, 5.41) is 4.00. The van der Waals surface area contributed by atoms with E-state index in [1.807, 2.05) is 30.3 Å². The molecule has 1 fully saturated rings. The number of amides is 2. The molecule has 3 aromatic rings. The summed E-state index contributed by atoms with van der Waals surface area (Å²) in [6.07, 6.45) is 1.87. The first-order chi connectivity index (χ1) is 13.6. The minimum Gasteiger partial charge on any atom is -0.468 e. The quantitative estimate of drug-likeness (QED) is 0.711. The summed E-state index contributed by atoms with van der Waals surface area (Å²) in [6.45, 7) is 1.81. The van der Waals surface area contributed by atoms with Gasteiger partial charge < -0.3 is 24.4 Å². The van der Waals surface area contributed by atoms with Crippen LogP contribution < -0.4 is 10.1 Å². The number of hydrogen-bond donors (Lipinski definition) is 2. The van der Waals surface area contributed by atoms with Gasteiger partial charge in [0.15, 0.2) is 5.76 Å². The smallest absolute Gasteiger partial charge is 0.289 e. The average molecular weight is 381 g/mol. The predicted octanol–water partition coefficient (Wildman–Crippen LogP) is 3.05. The van der Waals surface area contributed by atoms with Gasteiger partial charge in [-0.1, -0.05) is 18.2 Å². The maximum absolute atomic E-state index is 12.6. The summed E-state index contributed by atoms with van der Waals surface area (Å²) in [5.41, 5.74) is 1.49. The lowest BCUT2D eigenvalue weighted by atomic mass is 9.97. The standard InChI is InChI=1S/C21H23N3O4/c1-27-19-9-8-18(28-19)21(26)24-10-4-5-14(13-24)12-22-20(25)17-11-15-6-2-3-7-16(15)23-17/h2-3,6-9,11,14,23H,4-5,10,12-13H2,1H3,(H,22,25). The SMILES string of the molecule is COc1ccc(C(=O)N2CCCC(CNC(=O)c3cc4ccccc4[nH]3)C2)o1. The number of nitrogens with zero attached hydrogens (tertiary/aromatic N) is 1. The number of fused-ring (bicyclic) bond motifs is 1. The van der Waals surface area contributed by atoms with Gasteiger partial charge in [0.05, 0.1) is 7.11 Å². The Hall–Kier alpha value is -3.22. The third-order valence-electron chi connectivity index (χ3n) is 5.13. The Morgan fingerprint density at radius 1 is 1.29 bits per heavy atom. The molecule has 4 rings (SSSR count). The van der Waals surface area contributed by atoms with Gasteiger partial charge in [-0.05, 0) is 37.0 Å². The highest BCUT2D eigenvalue weighted by Gasteiger charge is 2.27. The fourth-order valence-corrected chi connectivity index (χ4v) is 3.64. The topological polar surface area (TPSA) is 87.6 Å². The Morgan fingerprint density at radius 2 is 2.14 bits per heavy atom. The number of carbonyl (C=O) groups is 2. The van der Waals surface area contributed by atoms with Crippen molar-refractivity contribution in [3.05, 3.63) is 53.9 Å². The minimum absolute atomic E-state index is 0.129. The third-order valence-corrected chi connectivity index (χ3v) is 5.13. The van der Waals surface area contributed by atoms with Crippen LogP contribution in [0.25, 0.3) is 10.9 Å². The minimum atomic E-state index is -0.144. The van der Waals surface area contributed by atoms with Crippen LogP contribution in [-0.2, 0) is 0 Å². The van der Waals surface area contributed by atoms with Gasteiger partial charge in [-0.15, -0.1) is 0 Å². The molecule has 2 amide bonds. The monoisotopic (exact) mass is 381 g/mol. The van der Waals surface area contributed by atoms with Crippen molar-refractivity contribution in [2.24, 2.45) is 5.92 Å². The number of aromatic amines is 1. The Bertz CT molecular complexity index is 957. The largest absolute Gasteiger partial charge is 0.468 e. The van der Waals surface area contributed by atoms with Gasteiger partial charge in [-0.2, -0.15) is 0 Å². The highest BCUT2D eigenvalue weighted by Crippen LogP contribution is 2.22. The van der Waals surface area contributed by atoms with E-state index in [2.05, 4.69) is 10.3 Å². The van der Waals surface area contributed by atoms with E-state index in [1.165, 1.54) is 7.11 Å². The summed E-state index contributed by atoms with van der Waals surface area (Å²) in [7, 11) is 1.50. The molecule has 2 N–H and O–H groups in total. The van der Waals surface area contributed by atoms with E-state index in [0.29, 0.717) is 31.3 Å². The lowest BCUT2D eigenvalue weighted by Crippen LogP contribution is -2.43. The Labute approximate surface area is 162 Å². The normalized spacial score (nSPS) is 16.9. The second kappa shape index (κ2) is 7.80. The maximum atomic E-state index is 12.6. The fraction of sp³-hybridized carbons (Fsp3) is 0.333. The first kappa shape index (κ1) is 18.2. The molecular formula is C21H23N3O4. The van der Waals surface area contributed by atoms with Gasteiger partial charge in [0.1, 0.15) is 5.69 Å². The van der Waals surface area contributed by atoms with Crippen LogP contribution in [0.5, 0.6) is 5.95 Å². The van der Waals surface area contributed by atoms with Crippen molar-refractivity contribution in [1.29, 1.82) is 0 Å². The van der Waals surface area contributed by atoms with E-state index in [1.54, 1.807) is 17.0 Å². The summed E-state index contributed by atoms with van der Waals surface area (Å²) < 4.78 is 10.4. The molecule has 0 spiro atoms. The Kier molecular flexibility index (Phi) is 5.06. The number of rotatable bonds is 5. The Balaban J connectivity index is 1.34. The second-order valence-electron chi connectivity index (χ2n) is 7.06. The number of methoxy groups -OCH3 is 1. The number of carbonyl (C=O) groups excluding carboxylic acids is 2. The van der Waals surface area contributed by atoms with Crippen LogP contribution in [0.2, 0.25) is 0 Å². The first-order valence-electron chi connectivity index (χ1n) is 9.43. The van der Waals surface area contributed by atoms with Gasteiger partial charge in [0.25, 0.3) is 17.8 Å². The molecular weight excluding hydrogens is 358 g/mol. The molecule has 1 saturated heterocycles. The predicted molar refractivity (Wildman–Crippen MR) is 105 cm³/mol. The van der Waals surface area contributed by atoms with E-state index in [0.717, 1.165) is 23.7 Å². The van der Waals surface area contributed by atoms with Crippen molar-refractivity contribution in [2.75, 3.05) is 26.7 Å².